The Kier molecular flexibility index (Phi) is 5.37. The molecule has 0 unspecified atom stereocenters. The normalized spacial score (nSPS) is 14.9. The summed E-state index contributed by atoms with van der Waals surface area (Å²) in [5, 5.41) is 0. The fourth-order valence-electron chi connectivity index (χ4n) is 2.78. The molecule has 0 aliphatic carbocycles. The molecule has 1 saturated heterocycles. The zero-order valence-electron chi connectivity index (χ0n) is 13.0. The van der Waals surface area contributed by atoms with Crippen LogP contribution >= 0.6 is 0 Å². The molecular weight excluding hydrogens is 264 g/mol. The molecule has 1 aromatic carbocycles. The molecule has 0 radical (unpaired) electrons. The second-order valence-electron chi connectivity index (χ2n) is 5.60. The Balaban J connectivity index is 2.01. The summed E-state index contributed by atoms with van der Waals surface area (Å²) >= 11 is 0. The Morgan fingerprint density at radius 3 is 2.52 bits per heavy atom. The van der Waals surface area contributed by atoms with Crippen LogP contribution in [0.2, 0.25) is 0 Å². The molecule has 2 amide bonds. The second kappa shape index (κ2) is 7.25. The van der Waals surface area contributed by atoms with E-state index in [1.807, 2.05) is 43.0 Å². The van der Waals surface area contributed by atoms with Gasteiger partial charge in [-0.3, -0.25) is 9.59 Å². The zero-order valence-corrected chi connectivity index (χ0v) is 13.0. The van der Waals surface area contributed by atoms with Crippen LogP contribution in [0.1, 0.15) is 38.2 Å². The van der Waals surface area contributed by atoms with E-state index in [1.54, 1.807) is 4.90 Å². The van der Waals surface area contributed by atoms with Crippen molar-refractivity contribution in [3.8, 4) is 0 Å². The van der Waals surface area contributed by atoms with Crippen molar-refractivity contribution < 1.29 is 9.59 Å². The molecule has 0 spiro atoms. The van der Waals surface area contributed by atoms with Gasteiger partial charge in [0.05, 0.1) is 0 Å². The molecule has 21 heavy (non-hydrogen) atoms. The lowest BCUT2D eigenvalue weighted by molar-refractivity contribution is -0.135. The summed E-state index contributed by atoms with van der Waals surface area (Å²) in [5.74, 6) is -0.149. The Hall–Kier alpha value is -1.84. The molecule has 1 aliphatic heterocycles. The fraction of sp³-hybridized carbons (Fsp3) is 0.529. The van der Waals surface area contributed by atoms with Crippen molar-refractivity contribution in [3.05, 3.63) is 29.8 Å². The van der Waals surface area contributed by atoms with Crippen LogP contribution in [0.25, 0.3) is 0 Å². The molecule has 0 aromatic heterocycles. The number of nitrogens with zero attached hydrogens (tertiary/aromatic N) is 2. The number of amides is 2. The number of carbonyl (C=O) groups is 2. The Morgan fingerprint density at radius 2 is 1.90 bits per heavy atom. The van der Waals surface area contributed by atoms with Gasteiger partial charge >= 0.3 is 0 Å². The number of likely N-dealkylation sites (tertiary alicyclic amines) is 1. The summed E-state index contributed by atoms with van der Waals surface area (Å²) in [6.45, 7) is 6.10. The van der Waals surface area contributed by atoms with Gasteiger partial charge in [-0.1, -0.05) is 12.1 Å². The lowest BCUT2D eigenvalue weighted by Gasteiger charge is -2.28. The van der Waals surface area contributed by atoms with E-state index >= 15 is 0 Å². The molecular formula is C17H24N2O2. The van der Waals surface area contributed by atoms with Gasteiger partial charge in [-0.2, -0.15) is 0 Å². The summed E-state index contributed by atoms with van der Waals surface area (Å²) in [6.07, 6.45) is 3.26. The topological polar surface area (TPSA) is 40.6 Å². The molecule has 0 saturated carbocycles. The van der Waals surface area contributed by atoms with E-state index in [0.717, 1.165) is 37.2 Å². The minimum atomic E-state index is -0.112. The van der Waals surface area contributed by atoms with Crippen LogP contribution in [0, 0.1) is 6.92 Å². The highest BCUT2D eigenvalue weighted by molar-refractivity contribution is 6.05. The van der Waals surface area contributed by atoms with Gasteiger partial charge in [0.15, 0.2) is 0 Å². The standard InChI is InChI=1S/C17H24N2O2/c1-3-19(15-9-7-8-14(2)12-15)17(21)13-16(20)18-10-5-4-6-11-18/h7-9,12H,3-6,10-11,13H2,1-2H3. The Bertz CT molecular complexity index is 507. The van der Waals surface area contributed by atoms with Crippen molar-refractivity contribution in [3.63, 3.8) is 0 Å². The van der Waals surface area contributed by atoms with E-state index in [2.05, 4.69) is 0 Å². The SMILES string of the molecule is CCN(C(=O)CC(=O)N1CCCCC1)c1cccc(C)c1. The number of piperidine rings is 1. The van der Waals surface area contributed by atoms with Gasteiger partial charge in [0, 0.05) is 25.3 Å². The molecule has 1 aromatic rings. The van der Waals surface area contributed by atoms with Crippen LogP contribution in [0.15, 0.2) is 24.3 Å². The number of benzene rings is 1. The van der Waals surface area contributed by atoms with Crippen LogP contribution in [0.5, 0.6) is 0 Å². The van der Waals surface area contributed by atoms with Gasteiger partial charge in [0.25, 0.3) is 0 Å². The van der Waals surface area contributed by atoms with Crippen LogP contribution in [-0.4, -0.2) is 36.3 Å². The molecule has 1 heterocycles. The predicted molar refractivity (Wildman–Crippen MR) is 84.3 cm³/mol. The van der Waals surface area contributed by atoms with E-state index in [-0.39, 0.29) is 18.2 Å². The van der Waals surface area contributed by atoms with E-state index < -0.39 is 0 Å². The van der Waals surface area contributed by atoms with Crippen molar-refractivity contribution in [2.24, 2.45) is 0 Å². The summed E-state index contributed by atoms with van der Waals surface area (Å²) in [5.41, 5.74) is 1.98. The molecule has 0 N–H and O–H groups in total. The molecule has 2 rings (SSSR count). The van der Waals surface area contributed by atoms with E-state index in [4.69, 9.17) is 0 Å². The van der Waals surface area contributed by atoms with Crippen molar-refractivity contribution in [2.75, 3.05) is 24.5 Å². The molecule has 1 fully saturated rings. The third kappa shape index (κ3) is 4.06. The van der Waals surface area contributed by atoms with Crippen molar-refractivity contribution >= 4 is 17.5 Å². The van der Waals surface area contributed by atoms with E-state index in [0.29, 0.717) is 6.54 Å². The summed E-state index contributed by atoms with van der Waals surface area (Å²) < 4.78 is 0. The molecule has 4 nitrogen and oxygen atoms in total. The van der Waals surface area contributed by atoms with Crippen LogP contribution in [0.4, 0.5) is 5.69 Å². The van der Waals surface area contributed by atoms with Gasteiger partial charge < -0.3 is 9.80 Å². The number of hydrogen-bond acceptors (Lipinski definition) is 2. The Labute approximate surface area is 126 Å². The predicted octanol–water partition coefficient (Wildman–Crippen LogP) is 2.75. The van der Waals surface area contributed by atoms with E-state index in [1.165, 1.54) is 6.42 Å². The molecule has 4 heteroatoms. The zero-order chi connectivity index (χ0) is 15.2. The summed E-state index contributed by atoms with van der Waals surface area (Å²) in [6, 6.07) is 7.83. The number of aryl methyl sites for hydroxylation is 1. The highest BCUT2D eigenvalue weighted by Gasteiger charge is 2.22. The molecule has 0 atom stereocenters. The first kappa shape index (κ1) is 15.5. The third-order valence-corrected chi connectivity index (χ3v) is 3.94. The third-order valence-electron chi connectivity index (χ3n) is 3.94. The molecule has 114 valence electrons. The maximum Gasteiger partial charge on any atom is 0.236 e. The number of hydrogen-bond donors (Lipinski definition) is 0. The van der Waals surface area contributed by atoms with Gasteiger partial charge in [-0.05, 0) is 50.8 Å². The maximum absolute atomic E-state index is 12.4. The van der Waals surface area contributed by atoms with E-state index in [9.17, 15) is 9.59 Å². The summed E-state index contributed by atoms with van der Waals surface area (Å²) in [4.78, 5) is 28.1. The van der Waals surface area contributed by atoms with Gasteiger partial charge in [0.2, 0.25) is 11.8 Å². The average Bonchev–Trinajstić information content (AvgIpc) is 2.49. The largest absolute Gasteiger partial charge is 0.342 e. The van der Waals surface area contributed by atoms with Crippen LogP contribution in [0.3, 0.4) is 0 Å². The second-order valence-corrected chi connectivity index (χ2v) is 5.60. The molecule has 1 aliphatic rings. The minimum absolute atomic E-state index is 0.0260. The Morgan fingerprint density at radius 1 is 1.19 bits per heavy atom. The quantitative estimate of drug-likeness (QED) is 0.799. The lowest BCUT2D eigenvalue weighted by atomic mass is 10.1. The van der Waals surface area contributed by atoms with Crippen molar-refractivity contribution in [1.82, 2.24) is 4.90 Å². The first-order chi connectivity index (χ1) is 10.1. The highest BCUT2D eigenvalue weighted by Crippen LogP contribution is 2.17. The first-order valence-corrected chi connectivity index (χ1v) is 7.76. The number of rotatable bonds is 4. The van der Waals surface area contributed by atoms with Crippen LogP contribution in [-0.2, 0) is 9.59 Å². The van der Waals surface area contributed by atoms with Crippen molar-refractivity contribution in [2.45, 2.75) is 39.5 Å². The average molecular weight is 288 g/mol. The maximum atomic E-state index is 12.4. The molecule has 0 bridgehead atoms. The van der Waals surface area contributed by atoms with Gasteiger partial charge in [-0.15, -0.1) is 0 Å². The van der Waals surface area contributed by atoms with Crippen molar-refractivity contribution in [1.29, 1.82) is 0 Å². The first-order valence-electron chi connectivity index (χ1n) is 7.76. The summed E-state index contributed by atoms with van der Waals surface area (Å²) in [7, 11) is 0. The smallest absolute Gasteiger partial charge is 0.236 e. The monoisotopic (exact) mass is 288 g/mol. The fourth-order valence-corrected chi connectivity index (χ4v) is 2.78. The highest BCUT2D eigenvalue weighted by atomic mass is 16.2. The number of anilines is 1. The van der Waals surface area contributed by atoms with Crippen LogP contribution < -0.4 is 4.90 Å². The lowest BCUT2D eigenvalue weighted by Crippen LogP contribution is -2.40. The van der Waals surface area contributed by atoms with Gasteiger partial charge in [-0.25, -0.2) is 0 Å². The number of carbonyl (C=O) groups excluding carboxylic acids is 2. The minimum Gasteiger partial charge on any atom is -0.342 e. The van der Waals surface area contributed by atoms with Gasteiger partial charge in [0.1, 0.15) is 6.42 Å².